The number of aromatic nitrogens is 1. The smallest absolute Gasteiger partial charge is 0.116 e. The lowest BCUT2D eigenvalue weighted by Crippen LogP contribution is -2.10. The predicted octanol–water partition coefficient (Wildman–Crippen LogP) is 6.34. The fourth-order valence-corrected chi connectivity index (χ4v) is 3.63. The molecule has 0 aliphatic carbocycles. The Kier molecular flexibility index (Phi) is 4.27. The lowest BCUT2D eigenvalue weighted by atomic mass is 9.87. The largest absolute Gasteiger partial charge is 0.236 e. The molecule has 0 N–H and O–H groups in total. The van der Waals surface area contributed by atoms with E-state index in [-0.39, 0.29) is 5.41 Å². The molecule has 0 fully saturated rings. The second-order valence-electron chi connectivity index (χ2n) is 6.25. The number of nitrogens with zero attached hydrogens (tertiary/aromatic N) is 1. The Balaban J connectivity index is 1.74. The number of thiophene rings is 1. The van der Waals surface area contributed by atoms with Gasteiger partial charge in [0.15, 0.2) is 0 Å². The summed E-state index contributed by atoms with van der Waals surface area (Å²) in [4.78, 5) is 5.89. The van der Waals surface area contributed by atoms with Crippen molar-refractivity contribution in [2.45, 2.75) is 26.2 Å². The van der Waals surface area contributed by atoms with Crippen LogP contribution in [0.3, 0.4) is 0 Å². The molecule has 0 atom stereocenters. The molecule has 3 aromatic rings. The predicted molar refractivity (Wildman–Crippen MR) is 99.5 cm³/mol. The molecule has 0 unspecified atom stereocenters. The standard InChI is InChI=1S/C19H19NS2/c1-19(2,3)15-9-6-14(7-10-15)8-11-18-20-16(13-22-18)17-5-4-12-21-17/h4-13H,1-3H3/b11-8+. The molecular formula is C19H19NS2. The summed E-state index contributed by atoms with van der Waals surface area (Å²) in [5, 5.41) is 5.25. The van der Waals surface area contributed by atoms with E-state index in [2.05, 4.69) is 85.1 Å². The summed E-state index contributed by atoms with van der Waals surface area (Å²) >= 11 is 3.41. The number of benzene rings is 1. The van der Waals surface area contributed by atoms with Gasteiger partial charge < -0.3 is 0 Å². The van der Waals surface area contributed by atoms with Crippen molar-refractivity contribution in [1.29, 1.82) is 0 Å². The van der Waals surface area contributed by atoms with Crippen LogP contribution in [-0.2, 0) is 5.41 Å². The zero-order chi connectivity index (χ0) is 15.6. The third-order valence-corrected chi connectivity index (χ3v) is 5.19. The average molecular weight is 326 g/mol. The van der Waals surface area contributed by atoms with E-state index in [0.717, 1.165) is 10.7 Å². The third kappa shape index (κ3) is 3.54. The molecule has 0 aliphatic heterocycles. The molecule has 3 rings (SSSR count). The van der Waals surface area contributed by atoms with E-state index < -0.39 is 0 Å². The zero-order valence-electron chi connectivity index (χ0n) is 13.0. The summed E-state index contributed by atoms with van der Waals surface area (Å²) in [5.74, 6) is 0. The molecule has 0 bridgehead atoms. The van der Waals surface area contributed by atoms with Gasteiger partial charge in [-0.3, -0.25) is 0 Å². The van der Waals surface area contributed by atoms with Crippen LogP contribution in [0.5, 0.6) is 0 Å². The highest BCUT2D eigenvalue weighted by Gasteiger charge is 2.12. The van der Waals surface area contributed by atoms with E-state index in [9.17, 15) is 0 Å². The molecule has 0 spiro atoms. The minimum atomic E-state index is 0.202. The molecule has 0 radical (unpaired) electrons. The number of thiazole rings is 1. The Morgan fingerprint density at radius 3 is 2.36 bits per heavy atom. The first-order chi connectivity index (χ1) is 10.5. The summed E-state index contributed by atoms with van der Waals surface area (Å²) in [7, 11) is 0. The molecule has 0 aliphatic rings. The molecule has 0 saturated carbocycles. The van der Waals surface area contributed by atoms with Crippen molar-refractivity contribution < 1.29 is 0 Å². The Labute approximate surface area is 140 Å². The highest BCUT2D eigenvalue weighted by molar-refractivity contribution is 7.14. The second kappa shape index (κ2) is 6.19. The Bertz CT molecular complexity index is 757. The summed E-state index contributed by atoms with van der Waals surface area (Å²) in [6.45, 7) is 6.71. The van der Waals surface area contributed by atoms with Crippen molar-refractivity contribution in [2.24, 2.45) is 0 Å². The normalized spacial score (nSPS) is 12.1. The van der Waals surface area contributed by atoms with Crippen molar-refractivity contribution in [3.63, 3.8) is 0 Å². The quantitative estimate of drug-likeness (QED) is 0.547. The number of hydrogen-bond donors (Lipinski definition) is 0. The SMILES string of the molecule is CC(C)(C)c1ccc(/C=C/c2nc(-c3cccs3)cs2)cc1. The van der Waals surface area contributed by atoms with Gasteiger partial charge >= 0.3 is 0 Å². The summed E-state index contributed by atoms with van der Waals surface area (Å²) in [6.07, 6.45) is 4.22. The number of rotatable bonds is 3. The molecule has 2 heterocycles. The maximum absolute atomic E-state index is 4.67. The molecule has 0 saturated heterocycles. The summed E-state index contributed by atoms with van der Waals surface area (Å²) in [6, 6.07) is 12.9. The Hall–Kier alpha value is -1.71. The van der Waals surface area contributed by atoms with Crippen molar-refractivity contribution >= 4 is 34.8 Å². The van der Waals surface area contributed by atoms with Gasteiger partial charge in [-0.15, -0.1) is 22.7 Å². The monoisotopic (exact) mass is 325 g/mol. The van der Waals surface area contributed by atoms with Gasteiger partial charge in [-0.05, 0) is 34.1 Å². The number of hydrogen-bond acceptors (Lipinski definition) is 3. The van der Waals surface area contributed by atoms with E-state index in [1.54, 1.807) is 22.7 Å². The first-order valence-electron chi connectivity index (χ1n) is 7.30. The van der Waals surface area contributed by atoms with Crippen LogP contribution in [-0.4, -0.2) is 4.98 Å². The minimum absolute atomic E-state index is 0.202. The van der Waals surface area contributed by atoms with Gasteiger partial charge in [0, 0.05) is 5.38 Å². The van der Waals surface area contributed by atoms with Crippen LogP contribution in [0, 0.1) is 0 Å². The Morgan fingerprint density at radius 2 is 1.73 bits per heavy atom. The van der Waals surface area contributed by atoms with Gasteiger partial charge in [-0.2, -0.15) is 0 Å². The lowest BCUT2D eigenvalue weighted by molar-refractivity contribution is 0.590. The first kappa shape index (κ1) is 15.2. The van der Waals surface area contributed by atoms with Crippen LogP contribution in [0.2, 0.25) is 0 Å². The van der Waals surface area contributed by atoms with Crippen molar-refractivity contribution in [1.82, 2.24) is 4.98 Å². The van der Waals surface area contributed by atoms with Gasteiger partial charge in [0.2, 0.25) is 0 Å². The average Bonchev–Trinajstić information content (AvgIpc) is 3.15. The maximum Gasteiger partial charge on any atom is 0.116 e. The van der Waals surface area contributed by atoms with Crippen molar-refractivity contribution in [3.8, 4) is 10.6 Å². The van der Waals surface area contributed by atoms with Crippen LogP contribution < -0.4 is 0 Å². The van der Waals surface area contributed by atoms with E-state index in [1.807, 2.05) is 0 Å². The van der Waals surface area contributed by atoms with Crippen LogP contribution >= 0.6 is 22.7 Å². The van der Waals surface area contributed by atoms with Gasteiger partial charge in [0.1, 0.15) is 5.01 Å². The van der Waals surface area contributed by atoms with Crippen molar-refractivity contribution in [2.75, 3.05) is 0 Å². The van der Waals surface area contributed by atoms with Crippen LogP contribution in [0.25, 0.3) is 22.7 Å². The van der Waals surface area contributed by atoms with E-state index in [4.69, 9.17) is 0 Å². The highest BCUT2D eigenvalue weighted by atomic mass is 32.1. The van der Waals surface area contributed by atoms with Crippen LogP contribution in [0.4, 0.5) is 0 Å². The van der Waals surface area contributed by atoms with E-state index in [0.29, 0.717) is 0 Å². The van der Waals surface area contributed by atoms with Crippen LogP contribution in [0.15, 0.2) is 47.2 Å². The fraction of sp³-hybridized carbons (Fsp3) is 0.211. The first-order valence-corrected chi connectivity index (χ1v) is 9.06. The second-order valence-corrected chi connectivity index (χ2v) is 8.09. The van der Waals surface area contributed by atoms with E-state index in [1.165, 1.54) is 16.0 Å². The summed E-state index contributed by atoms with van der Waals surface area (Å²) < 4.78 is 0. The topological polar surface area (TPSA) is 12.9 Å². The van der Waals surface area contributed by atoms with Gasteiger partial charge in [0.05, 0.1) is 10.6 Å². The molecule has 3 heteroatoms. The highest BCUT2D eigenvalue weighted by Crippen LogP contribution is 2.27. The molecule has 0 amide bonds. The molecular weight excluding hydrogens is 306 g/mol. The van der Waals surface area contributed by atoms with E-state index >= 15 is 0 Å². The molecule has 2 aromatic heterocycles. The minimum Gasteiger partial charge on any atom is -0.236 e. The van der Waals surface area contributed by atoms with Gasteiger partial charge in [0.25, 0.3) is 0 Å². The van der Waals surface area contributed by atoms with Gasteiger partial charge in [-0.1, -0.05) is 57.2 Å². The fourth-order valence-electron chi connectivity index (χ4n) is 2.16. The zero-order valence-corrected chi connectivity index (χ0v) is 14.7. The molecule has 22 heavy (non-hydrogen) atoms. The maximum atomic E-state index is 4.67. The molecule has 112 valence electrons. The molecule has 1 aromatic carbocycles. The Morgan fingerprint density at radius 1 is 0.955 bits per heavy atom. The molecule has 1 nitrogen and oxygen atoms in total. The van der Waals surface area contributed by atoms with Gasteiger partial charge in [-0.25, -0.2) is 4.98 Å². The lowest BCUT2D eigenvalue weighted by Gasteiger charge is -2.18. The third-order valence-electron chi connectivity index (χ3n) is 3.49. The van der Waals surface area contributed by atoms with Crippen molar-refractivity contribution in [3.05, 3.63) is 63.3 Å². The van der Waals surface area contributed by atoms with Crippen LogP contribution in [0.1, 0.15) is 36.9 Å². The summed E-state index contributed by atoms with van der Waals surface area (Å²) in [5.41, 5.74) is 3.84.